The van der Waals surface area contributed by atoms with E-state index in [0.717, 1.165) is 11.3 Å². The standard InChI is InChI=1S/C13H13N3O3/c17-12(5-6-13(18)19)15-10-3-1-9(2-4-10)11-7-8-14-16-11/h1-4,7-8H,5-6H2,(H,14,16)(H,15,17)(H,18,19). The zero-order chi connectivity index (χ0) is 13.7. The Labute approximate surface area is 109 Å². The van der Waals surface area contributed by atoms with E-state index in [0.29, 0.717) is 5.69 Å². The van der Waals surface area contributed by atoms with Crippen LogP contribution in [0.25, 0.3) is 11.3 Å². The number of H-pyrrole nitrogens is 1. The second-order valence-electron chi connectivity index (χ2n) is 3.99. The molecule has 0 aliphatic heterocycles. The van der Waals surface area contributed by atoms with E-state index in [9.17, 15) is 9.59 Å². The summed E-state index contributed by atoms with van der Waals surface area (Å²) in [5, 5.41) is 17.8. The first-order valence-electron chi connectivity index (χ1n) is 5.76. The number of hydrogen-bond donors (Lipinski definition) is 3. The zero-order valence-corrected chi connectivity index (χ0v) is 10.1. The van der Waals surface area contributed by atoms with Gasteiger partial charge in [0, 0.05) is 18.3 Å². The van der Waals surface area contributed by atoms with Crippen LogP contribution in [-0.4, -0.2) is 27.2 Å². The number of rotatable bonds is 5. The number of benzene rings is 1. The smallest absolute Gasteiger partial charge is 0.303 e. The van der Waals surface area contributed by atoms with Gasteiger partial charge in [0.05, 0.1) is 12.1 Å². The topological polar surface area (TPSA) is 95.1 Å². The number of carboxylic acids is 1. The lowest BCUT2D eigenvalue weighted by molar-refractivity contribution is -0.138. The highest BCUT2D eigenvalue weighted by atomic mass is 16.4. The summed E-state index contributed by atoms with van der Waals surface area (Å²) in [4.78, 5) is 21.8. The summed E-state index contributed by atoms with van der Waals surface area (Å²) in [6.07, 6.45) is 1.46. The molecule has 3 N–H and O–H groups in total. The van der Waals surface area contributed by atoms with Crippen molar-refractivity contribution in [3.05, 3.63) is 36.5 Å². The number of hydrogen-bond acceptors (Lipinski definition) is 3. The molecule has 0 aliphatic carbocycles. The van der Waals surface area contributed by atoms with Crippen LogP contribution in [0.15, 0.2) is 36.5 Å². The van der Waals surface area contributed by atoms with Crippen molar-refractivity contribution in [3.63, 3.8) is 0 Å². The van der Waals surface area contributed by atoms with Crippen molar-refractivity contribution in [3.8, 4) is 11.3 Å². The summed E-state index contributed by atoms with van der Waals surface area (Å²) < 4.78 is 0. The molecule has 1 aromatic carbocycles. The monoisotopic (exact) mass is 259 g/mol. The first kappa shape index (κ1) is 12.8. The minimum absolute atomic E-state index is 0.0301. The number of aromatic amines is 1. The summed E-state index contributed by atoms with van der Waals surface area (Å²) in [5.74, 6) is -1.29. The van der Waals surface area contributed by atoms with Gasteiger partial charge in [0.25, 0.3) is 0 Å². The molecule has 0 saturated carbocycles. The molecule has 1 aromatic heterocycles. The molecule has 2 aromatic rings. The number of nitrogens with zero attached hydrogens (tertiary/aromatic N) is 1. The maximum Gasteiger partial charge on any atom is 0.303 e. The Bertz CT molecular complexity index is 561. The highest BCUT2D eigenvalue weighted by Crippen LogP contribution is 2.18. The fourth-order valence-corrected chi connectivity index (χ4v) is 1.59. The molecule has 0 fully saturated rings. The van der Waals surface area contributed by atoms with Gasteiger partial charge in [-0.2, -0.15) is 5.10 Å². The Morgan fingerprint density at radius 3 is 2.47 bits per heavy atom. The van der Waals surface area contributed by atoms with Crippen LogP contribution < -0.4 is 5.32 Å². The number of carboxylic acid groups (broad SMARTS) is 1. The summed E-state index contributed by atoms with van der Waals surface area (Å²) in [6.45, 7) is 0. The number of anilines is 1. The molecule has 19 heavy (non-hydrogen) atoms. The number of nitrogens with one attached hydrogen (secondary N) is 2. The van der Waals surface area contributed by atoms with Gasteiger partial charge >= 0.3 is 5.97 Å². The van der Waals surface area contributed by atoms with Gasteiger partial charge in [0.1, 0.15) is 0 Å². The van der Waals surface area contributed by atoms with Crippen molar-refractivity contribution in [1.82, 2.24) is 10.2 Å². The molecular formula is C13H13N3O3. The average molecular weight is 259 g/mol. The second kappa shape index (κ2) is 5.81. The SMILES string of the molecule is O=C(O)CCC(=O)Nc1ccc(-c2ccn[nH]2)cc1. The first-order valence-corrected chi connectivity index (χ1v) is 5.76. The summed E-state index contributed by atoms with van der Waals surface area (Å²) in [7, 11) is 0. The van der Waals surface area contributed by atoms with Gasteiger partial charge in [0.15, 0.2) is 0 Å². The van der Waals surface area contributed by atoms with Crippen LogP contribution in [0.4, 0.5) is 5.69 Å². The third-order valence-corrected chi connectivity index (χ3v) is 2.55. The molecule has 0 saturated heterocycles. The molecule has 0 unspecified atom stereocenters. The van der Waals surface area contributed by atoms with E-state index in [1.807, 2.05) is 18.2 Å². The number of amides is 1. The molecule has 0 aliphatic rings. The number of aromatic nitrogens is 2. The third kappa shape index (κ3) is 3.67. The molecule has 98 valence electrons. The van der Waals surface area contributed by atoms with Crippen LogP contribution in [0, 0.1) is 0 Å². The van der Waals surface area contributed by atoms with Gasteiger partial charge in [-0.05, 0) is 23.8 Å². The van der Waals surface area contributed by atoms with Gasteiger partial charge in [-0.15, -0.1) is 0 Å². The maximum absolute atomic E-state index is 11.4. The summed E-state index contributed by atoms with van der Waals surface area (Å²) in [5.41, 5.74) is 2.49. The van der Waals surface area contributed by atoms with Crippen molar-refractivity contribution in [1.29, 1.82) is 0 Å². The largest absolute Gasteiger partial charge is 0.481 e. The van der Waals surface area contributed by atoms with E-state index < -0.39 is 5.97 Å². The highest BCUT2D eigenvalue weighted by molar-refractivity contribution is 5.92. The Morgan fingerprint density at radius 2 is 1.89 bits per heavy atom. The summed E-state index contributed by atoms with van der Waals surface area (Å²) >= 11 is 0. The number of carbonyl (C=O) groups is 2. The molecule has 0 radical (unpaired) electrons. The maximum atomic E-state index is 11.4. The van der Waals surface area contributed by atoms with Gasteiger partial charge in [-0.1, -0.05) is 12.1 Å². The van der Waals surface area contributed by atoms with E-state index in [-0.39, 0.29) is 18.7 Å². The summed E-state index contributed by atoms with van der Waals surface area (Å²) in [6, 6.07) is 9.06. The molecular weight excluding hydrogens is 246 g/mol. The first-order chi connectivity index (χ1) is 9.15. The third-order valence-electron chi connectivity index (χ3n) is 2.55. The van der Waals surface area contributed by atoms with Crippen LogP contribution in [-0.2, 0) is 9.59 Å². The molecule has 1 amide bonds. The van der Waals surface area contributed by atoms with E-state index >= 15 is 0 Å². The molecule has 1 heterocycles. The fourth-order valence-electron chi connectivity index (χ4n) is 1.59. The lowest BCUT2D eigenvalue weighted by atomic mass is 10.1. The molecule has 0 bridgehead atoms. The van der Waals surface area contributed by atoms with Crippen LogP contribution in [0.3, 0.4) is 0 Å². The normalized spacial score (nSPS) is 10.1. The average Bonchev–Trinajstić information content (AvgIpc) is 2.91. The van der Waals surface area contributed by atoms with E-state index in [4.69, 9.17) is 5.11 Å². The van der Waals surface area contributed by atoms with Crippen LogP contribution in [0.2, 0.25) is 0 Å². The van der Waals surface area contributed by atoms with Crippen molar-refractivity contribution < 1.29 is 14.7 Å². The van der Waals surface area contributed by atoms with Crippen LogP contribution >= 0.6 is 0 Å². The van der Waals surface area contributed by atoms with Crippen molar-refractivity contribution in [2.75, 3.05) is 5.32 Å². The molecule has 6 nitrogen and oxygen atoms in total. The Kier molecular flexibility index (Phi) is 3.92. The Balaban J connectivity index is 1.95. The van der Waals surface area contributed by atoms with Gasteiger partial charge in [-0.3, -0.25) is 14.7 Å². The quantitative estimate of drug-likeness (QED) is 0.764. The predicted molar refractivity (Wildman–Crippen MR) is 69.5 cm³/mol. The van der Waals surface area contributed by atoms with Gasteiger partial charge in [0.2, 0.25) is 5.91 Å². The number of aliphatic carboxylic acids is 1. The predicted octanol–water partition coefficient (Wildman–Crippen LogP) is 1.88. The lowest BCUT2D eigenvalue weighted by Gasteiger charge is -2.05. The van der Waals surface area contributed by atoms with Crippen LogP contribution in [0.5, 0.6) is 0 Å². The van der Waals surface area contributed by atoms with Crippen molar-refractivity contribution >= 4 is 17.6 Å². The van der Waals surface area contributed by atoms with Crippen molar-refractivity contribution in [2.24, 2.45) is 0 Å². The minimum Gasteiger partial charge on any atom is -0.481 e. The highest BCUT2D eigenvalue weighted by Gasteiger charge is 2.06. The molecule has 0 spiro atoms. The zero-order valence-electron chi connectivity index (χ0n) is 10.1. The van der Waals surface area contributed by atoms with E-state index in [2.05, 4.69) is 15.5 Å². The molecule has 2 rings (SSSR count). The van der Waals surface area contributed by atoms with Gasteiger partial charge < -0.3 is 10.4 Å². The Morgan fingerprint density at radius 1 is 1.16 bits per heavy atom. The molecule has 6 heteroatoms. The van der Waals surface area contributed by atoms with E-state index in [1.165, 1.54) is 0 Å². The Hall–Kier alpha value is -2.63. The second-order valence-corrected chi connectivity index (χ2v) is 3.99. The van der Waals surface area contributed by atoms with Gasteiger partial charge in [-0.25, -0.2) is 0 Å². The fraction of sp³-hybridized carbons (Fsp3) is 0.154. The van der Waals surface area contributed by atoms with E-state index in [1.54, 1.807) is 18.3 Å². The number of carbonyl (C=O) groups excluding carboxylic acids is 1. The minimum atomic E-state index is -0.982. The molecule has 0 atom stereocenters. The lowest BCUT2D eigenvalue weighted by Crippen LogP contribution is -2.13. The van der Waals surface area contributed by atoms with Crippen LogP contribution in [0.1, 0.15) is 12.8 Å². The van der Waals surface area contributed by atoms with Crippen molar-refractivity contribution in [2.45, 2.75) is 12.8 Å².